The van der Waals surface area contributed by atoms with Gasteiger partial charge in [0.25, 0.3) is 17.7 Å². The highest BCUT2D eigenvalue weighted by molar-refractivity contribution is 6.34. The van der Waals surface area contributed by atoms with Gasteiger partial charge < -0.3 is 20.9 Å². The van der Waals surface area contributed by atoms with Crippen molar-refractivity contribution >= 4 is 40.7 Å². The number of aromatic nitrogens is 4. The Morgan fingerprint density at radius 2 is 1.53 bits per heavy atom. The van der Waals surface area contributed by atoms with Gasteiger partial charge >= 0.3 is 0 Å². The van der Waals surface area contributed by atoms with Crippen LogP contribution in [0.1, 0.15) is 31.3 Å². The summed E-state index contributed by atoms with van der Waals surface area (Å²) in [4.78, 5) is 43.9. The average molecular weight is 478 g/mol. The van der Waals surface area contributed by atoms with E-state index in [-0.39, 0.29) is 22.1 Å². The second-order valence-corrected chi connectivity index (χ2v) is 7.55. The van der Waals surface area contributed by atoms with Gasteiger partial charge in [0, 0.05) is 31.0 Å². The minimum atomic E-state index is -0.525. The number of H-pyrrole nitrogens is 1. The van der Waals surface area contributed by atoms with E-state index in [1.54, 1.807) is 31.3 Å². The minimum Gasteiger partial charge on any atom is -0.354 e. The van der Waals surface area contributed by atoms with E-state index >= 15 is 0 Å². The van der Waals surface area contributed by atoms with Gasteiger partial charge in [-0.25, -0.2) is 4.98 Å². The number of hydrogen-bond acceptors (Lipinski definition) is 5. The number of rotatable bonds is 6. The van der Waals surface area contributed by atoms with E-state index in [2.05, 4.69) is 31.0 Å². The Morgan fingerprint density at radius 1 is 0.912 bits per heavy atom. The highest BCUT2D eigenvalue weighted by Crippen LogP contribution is 2.29. The van der Waals surface area contributed by atoms with Gasteiger partial charge in [-0.2, -0.15) is 5.10 Å². The first-order chi connectivity index (χ1) is 16.4. The number of halogens is 1. The fraction of sp³-hybridized carbons (Fsp3) is 0.0870. The molecule has 0 radical (unpaired) electrons. The van der Waals surface area contributed by atoms with E-state index in [0.717, 1.165) is 5.56 Å². The third-order valence-corrected chi connectivity index (χ3v) is 5.39. The van der Waals surface area contributed by atoms with Crippen LogP contribution in [0.5, 0.6) is 0 Å². The number of amides is 3. The van der Waals surface area contributed by atoms with Crippen LogP contribution in [-0.2, 0) is 7.05 Å². The van der Waals surface area contributed by atoms with Crippen LogP contribution in [0.2, 0.25) is 5.15 Å². The Hall–Kier alpha value is -4.44. The van der Waals surface area contributed by atoms with E-state index in [1.165, 1.54) is 18.1 Å². The Kier molecular flexibility index (Phi) is 6.42. The molecule has 0 fully saturated rings. The molecule has 4 aromatic rings. The van der Waals surface area contributed by atoms with Crippen LogP contribution < -0.4 is 16.0 Å². The highest BCUT2D eigenvalue weighted by atomic mass is 35.5. The summed E-state index contributed by atoms with van der Waals surface area (Å²) in [5, 5.41) is 12.5. The van der Waals surface area contributed by atoms with Crippen LogP contribution in [0.15, 0.2) is 60.9 Å². The smallest absolute Gasteiger partial charge is 0.274 e. The Labute approximate surface area is 199 Å². The molecule has 4 N–H and O–H groups in total. The molecule has 2 heterocycles. The monoisotopic (exact) mass is 477 g/mol. The van der Waals surface area contributed by atoms with Gasteiger partial charge in [0.15, 0.2) is 5.69 Å². The number of hydrogen-bond donors (Lipinski definition) is 4. The summed E-state index contributed by atoms with van der Waals surface area (Å²) in [7, 11) is 3.12. The summed E-state index contributed by atoms with van der Waals surface area (Å²) in [6, 6.07) is 15.8. The lowest BCUT2D eigenvalue weighted by Gasteiger charge is -2.09. The molecular weight excluding hydrogens is 458 g/mol. The zero-order chi connectivity index (χ0) is 24.2. The molecule has 3 amide bonds. The Bertz CT molecular complexity index is 1360. The fourth-order valence-electron chi connectivity index (χ4n) is 3.28. The zero-order valence-corrected chi connectivity index (χ0v) is 19.0. The van der Waals surface area contributed by atoms with Gasteiger partial charge in [-0.3, -0.25) is 19.1 Å². The number of nitrogens with one attached hydrogen (secondary N) is 4. The van der Waals surface area contributed by atoms with Crippen LogP contribution in [0.4, 0.5) is 11.4 Å². The zero-order valence-electron chi connectivity index (χ0n) is 18.2. The van der Waals surface area contributed by atoms with Crippen molar-refractivity contribution in [2.75, 3.05) is 17.7 Å². The third kappa shape index (κ3) is 4.52. The Morgan fingerprint density at radius 3 is 2.15 bits per heavy atom. The largest absolute Gasteiger partial charge is 0.354 e. The molecule has 0 saturated heterocycles. The number of nitrogens with zero attached hydrogens (tertiary/aromatic N) is 3. The molecular formula is C23H20ClN7O3. The molecule has 0 saturated carbocycles. The van der Waals surface area contributed by atoms with Gasteiger partial charge in [-0.1, -0.05) is 41.9 Å². The predicted octanol–water partition coefficient (Wildman–Crippen LogP) is 3.33. The van der Waals surface area contributed by atoms with Gasteiger partial charge in [-0.05, 0) is 24.3 Å². The van der Waals surface area contributed by atoms with Crippen molar-refractivity contribution in [3.63, 3.8) is 0 Å². The number of aryl methyl sites for hydroxylation is 1. The summed E-state index contributed by atoms with van der Waals surface area (Å²) in [6.07, 6.45) is 1.27. The van der Waals surface area contributed by atoms with E-state index in [1.807, 2.05) is 30.3 Å². The fourth-order valence-corrected chi connectivity index (χ4v) is 3.50. The van der Waals surface area contributed by atoms with Gasteiger partial charge in [-0.15, -0.1) is 0 Å². The normalized spacial score (nSPS) is 10.6. The van der Waals surface area contributed by atoms with Crippen LogP contribution in [-0.4, -0.2) is 44.5 Å². The molecule has 0 atom stereocenters. The molecule has 4 rings (SSSR count). The summed E-state index contributed by atoms with van der Waals surface area (Å²) >= 11 is 6.36. The van der Waals surface area contributed by atoms with Gasteiger partial charge in [0.05, 0.1) is 6.33 Å². The minimum absolute atomic E-state index is 0.00791. The number of imidazole rings is 1. The molecule has 10 nitrogen and oxygen atoms in total. The molecule has 0 spiro atoms. The molecule has 0 unspecified atom stereocenters. The van der Waals surface area contributed by atoms with Gasteiger partial charge in [0.2, 0.25) is 0 Å². The van der Waals surface area contributed by atoms with Crippen molar-refractivity contribution in [1.82, 2.24) is 25.1 Å². The standard InChI is InChI=1S/C23H20ClN7O3/c1-25-22(33)18-19(27-12-26-18)23(34)29-15-10-8-14(9-11-15)28-21(32)16-17(30-31(2)20(16)24)13-6-4-3-5-7-13/h3-12H,1-2H3,(H,25,33)(H,26,27)(H,28,32)(H,29,34). The molecule has 0 aliphatic carbocycles. The molecule has 0 aliphatic heterocycles. The maximum absolute atomic E-state index is 13.0. The SMILES string of the molecule is CNC(=O)c1nc[nH]c1C(=O)Nc1ccc(NC(=O)c2c(-c3ccccc3)nn(C)c2Cl)cc1. The number of anilines is 2. The maximum atomic E-state index is 13.0. The molecule has 11 heteroatoms. The van der Waals surface area contributed by atoms with Crippen LogP contribution in [0.3, 0.4) is 0 Å². The lowest BCUT2D eigenvalue weighted by atomic mass is 10.1. The lowest BCUT2D eigenvalue weighted by Crippen LogP contribution is -2.23. The molecule has 0 bridgehead atoms. The molecule has 34 heavy (non-hydrogen) atoms. The summed E-state index contributed by atoms with van der Waals surface area (Å²) in [5.41, 5.74) is 2.49. The molecule has 2 aromatic heterocycles. The van der Waals surface area contributed by atoms with Crippen LogP contribution in [0.25, 0.3) is 11.3 Å². The van der Waals surface area contributed by atoms with E-state index < -0.39 is 17.7 Å². The molecule has 2 aromatic carbocycles. The number of benzene rings is 2. The number of aromatic amines is 1. The van der Waals surface area contributed by atoms with E-state index in [4.69, 9.17) is 11.6 Å². The molecule has 172 valence electrons. The van der Waals surface area contributed by atoms with Crippen molar-refractivity contribution < 1.29 is 14.4 Å². The summed E-state index contributed by atoms with van der Waals surface area (Å²) < 4.78 is 1.44. The summed E-state index contributed by atoms with van der Waals surface area (Å²) in [5.74, 6) is -1.42. The van der Waals surface area contributed by atoms with Crippen molar-refractivity contribution in [1.29, 1.82) is 0 Å². The predicted molar refractivity (Wildman–Crippen MR) is 128 cm³/mol. The maximum Gasteiger partial charge on any atom is 0.274 e. The Balaban J connectivity index is 1.49. The number of carbonyl (C=O) groups is 3. The summed E-state index contributed by atoms with van der Waals surface area (Å²) in [6.45, 7) is 0. The second-order valence-electron chi connectivity index (χ2n) is 7.19. The van der Waals surface area contributed by atoms with Crippen LogP contribution >= 0.6 is 11.6 Å². The highest BCUT2D eigenvalue weighted by Gasteiger charge is 2.23. The topological polar surface area (TPSA) is 134 Å². The third-order valence-electron chi connectivity index (χ3n) is 4.96. The lowest BCUT2D eigenvalue weighted by molar-refractivity contribution is 0.0943. The first-order valence-corrected chi connectivity index (χ1v) is 10.5. The average Bonchev–Trinajstić information content (AvgIpc) is 3.45. The van der Waals surface area contributed by atoms with E-state index in [9.17, 15) is 14.4 Å². The first kappa shape index (κ1) is 22.7. The van der Waals surface area contributed by atoms with Crippen molar-refractivity contribution in [2.45, 2.75) is 0 Å². The molecule has 0 aliphatic rings. The van der Waals surface area contributed by atoms with Crippen LogP contribution in [0, 0.1) is 0 Å². The van der Waals surface area contributed by atoms with Gasteiger partial charge in [0.1, 0.15) is 22.1 Å². The quantitative estimate of drug-likeness (QED) is 0.338. The van der Waals surface area contributed by atoms with E-state index in [0.29, 0.717) is 17.1 Å². The second kappa shape index (κ2) is 9.59. The van der Waals surface area contributed by atoms with Crippen molar-refractivity contribution in [2.24, 2.45) is 7.05 Å². The number of carbonyl (C=O) groups excluding carboxylic acids is 3. The first-order valence-electron chi connectivity index (χ1n) is 10.1. The van der Waals surface area contributed by atoms with Crippen molar-refractivity contribution in [3.05, 3.63) is 83.0 Å². The van der Waals surface area contributed by atoms with Crippen molar-refractivity contribution in [3.8, 4) is 11.3 Å².